The molecular formula is C28H26BrN5O3. The van der Waals surface area contributed by atoms with Crippen molar-refractivity contribution in [3.63, 3.8) is 0 Å². The number of aromatic nitrogens is 4. The summed E-state index contributed by atoms with van der Waals surface area (Å²) in [5.41, 5.74) is 4.29. The molecule has 1 spiro atoms. The minimum Gasteiger partial charge on any atom is -0.480 e. The smallest absolute Gasteiger partial charge is 0.328 e. The summed E-state index contributed by atoms with van der Waals surface area (Å²) in [7, 11) is 0. The van der Waals surface area contributed by atoms with Gasteiger partial charge in [0.15, 0.2) is 23.3 Å². The third kappa shape index (κ3) is 4.01. The van der Waals surface area contributed by atoms with Crippen molar-refractivity contribution >= 4 is 44.6 Å². The number of nitrogens with one attached hydrogen (secondary N) is 1. The molecule has 0 radical (unpaired) electrons. The quantitative estimate of drug-likeness (QED) is 0.317. The Morgan fingerprint density at radius 2 is 1.95 bits per heavy atom. The number of imidazole rings is 1. The van der Waals surface area contributed by atoms with Crippen molar-refractivity contribution in [2.24, 2.45) is 10.4 Å². The second kappa shape index (κ2) is 9.37. The maximum atomic E-state index is 12.7. The highest BCUT2D eigenvalue weighted by molar-refractivity contribution is 9.10. The number of aromatic amines is 1. The number of hydrogen-bond acceptors (Lipinski definition) is 5. The van der Waals surface area contributed by atoms with E-state index in [4.69, 9.17) is 4.98 Å². The number of Topliss-reactive ketones (excluding diaryl/α,β-unsaturated/α-hetero) is 1. The fraction of sp³-hybridized carbons (Fsp3) is 0.321. The maximum absolute atomic E-state index is 12.7. The van der Waals surface area contributed by atoms with Gasteiger partial charge in [0.2, 0.25) is 0 Å². The van der Waals surface area contributed by atoms with E-state index in [0.29, 0.717) is 5.71 Å². The lowest BCUT2D eigenvalue weighted by atomic mass is 9.58. The predicted molar refractivity (Wildman–Crippen MR) is 144 cm³/mol. The van der Waals surface area contributed by atoms with Crippen LogP contribution in [0.5, 0.6) is 0 Å². The van der Waals surface area contributed by atoms with Gasteiger partial charge in [0.25, 0.3) is 0 Å². The molecule has 2 aliphatic carbocycles. The number of hydrogen-bond donors (Lipinski definition) is 2. The average Bonchev–Trinajstić information content (AvgIpc) is 3.59. The molecule has 1 aromatic carbocycles. The zero-order valence-corrected chi connectivity index (χ0v) is 21.7. The van der Waals surface area contributed by atoms with Crippen LogP contribution in [0.2, 0.25) is 0 Å². The van der Waals surface area contributed by atoms with Crippen LogP contribution in [0.3, 0.4) is 0 Å². The number of carboxylic acid groups (broad SMARTS) is 1. The van der Waals surface area contributed by atoms with Crippen molar-refractivity contribution in [1.29, 1.82) is 0 Å². The normalized spacial score (nSPS) is 20.8. The van der Waals surface area contributed by atoms with Gasteiger partial charge in [-0.2, -0.15) is 0 Å². The van der Waals surface area contributed by atoms with E-state index < -0.39 is 22.3 Å². The highest BCUT2D eigenvalue weighted by atomic mass is 79.9. The summed E-state index contributed by atoms with van der Waals surface area (Å²) >= 11 is 3.45. The van der Waals surface area contributed by atoms with Crippen molar-refractivity contribution in [3.05, 3.63) is 66.5 Å². The number of pyridine rings is 1. The van der Waals surface area contributed by atoms with Gasteiger partial charge in [-0.15, -0.1) is 0 Å². The molecular weight excluding hydrogens is 534 g/mol. The molecule has 6 rings (SSSR count). The number of fused-ring (bicyclic) bond motifs is 1. The molecule has 2 N–H and O–H groups in total. The van der Waals surface area contributed by atoms with Crippen LogP contribution in [0.25, 0.3) is 28.4 Å². The second-order valence-corrected chi connectivity index (χ2v) is 10.7. The molecule has 2 aliphatic rings. The van der Waals surface area contributed by atoms with E-state index in [0.717, 1.165) is 66.0 Å². The largest absolute Gasteiger partial charge is 0.480 e. The lowest BCUT2D eigenvalue weighted by Crippen LogP contribution is -2.61. The molecule has 2 atom stereocenters. The van der Waals surface area contributed by atoms with E-state index in [1.54, 1.807) is 6.20 Å². The number of aliphatic imine (C=N–C) groups is 1. The second-order valence-electron chi connectivity index (χ2n) is 9.81. The molecule has 2 fully saturated rings. The number of benzene rings is 1. The van der Waals surface area contributed by atoms with E-state index in [1.807, 2.05) is 59.3 Å². The molecule has 3 aromatic heterocycles. The number of alkyl halides is 1. The van der Waals surface area contributed by atoms with Crippen molar-refractivity contribution in [1.82, 2.24) is 19.5 Å². The zero-order valence-electron chi connectivity index (χ0n) is 20.1. The van der Waals surface area contributed by atoms with E-state index >= 15 is 0 Å². The maximum Gasteiger partial charge on any atom is 0.328 e. The Hall–Kier alpha value is -3.59. The van der Waals surface area contributed by atoms with Gasteiger partial charge in [-0.1, -0.05) is 47.3 Å². The summed E-state index contributed by atoms with van der Waals surface area (Å²) in [6.45, 7) is 0. The van der Waals surface area contributed by atoms with E-state index in [-0.39, 0.29) is 12.2 Å². The van der Waals surface area contributed by atoms with Crippen LogP contribution in [0, 0.1) is 5.41 Å². The van der Waals surface area contributed by atoms with Crippen molar-refractivity contribution < 1.29 is 14.7 Å². The highest BCUT2D eigenvalue weighted by Gasteiger charge is 2.58. The van der Waals surface area contributed by atoms with Crippen LogP contribution in [0.4, 0.5) is 0 Å². The Labute approximate surface area is 222 Å². The average molecular weight is 560 g/mol. The van der Waals surface area contributed by atoms with E-state index in [2.05, 4.69) is 30.9 Å². The third-order valence-corrected chi connectivity index (χ3v) is 8.45. The number of H-pyrrole nitrogens is 1. The number of nitrogens with zero attached hydrogens (tertiary/aromatic N) is 4. The number of carbonyl (C=O) groups is 2. The first-order valence-corrected chi connectivity index (χ1v) is 13.5. The highest BCUT2D eigenvalue weighted by Crippen LogP contribution is 2.49. The molecule has 9 heteroatoms. The van der Waals surface area contributed by atoms with Gasteiger partial charge in [0.1, 0.15) is 10.3 Å². The van der Waals surface area contributed by atoms with E-state index in [9.17, 15) is 14.7 Å². The Kier molecular flexibility index (Phi) is 6.03. The molecule has 37 heavy (non-hydrogen) atoms. The minimum atomic E-state index is -0.986. The third-order valence-electron chi connectivity index (χ3n) is 7.60. The first-order chi connectivity index (χ1) is 18.0. The number of carboxylic acids is 1. The van der Waals surface area contributed by atoms with Crippen LogP contribution in [-0.2, 0) is 16.0 Å². The molecule has 0 amide bonds. The molecule has 0 saturated heterocycles. The summed E-state index contributed by atoms with van der Waals surface area (Å²) < 4.78 is 1.99. The molecule has 1 unspecified atom stereocenters. The van der Waals surface area contributed by atoms with Crippen LogP contribution in [0.1, 0.15) is 37.7 Å². The lowest BCUT2D eigenvalue weighted by Gasteiger charge is -2.47. The van der Waals surface area contributed by atoms with Crippen LogP contribution >= 0.6 is 15.9 Å². The Balaban J connectivity index is 1.30. The molecule has 4 aromatic rings. The molecule has 2 saturated carbocycles. The molecule has 8 nitrogen and oxygen atoms in total. The molecule has 3 heterocycles. The van der Waals surface area contributed by atoms with Crippen molar-refractivity contribution in [2.45, 2.75) is 49.4 Å². The number of halogens is 1. The summed E-state index contributed by atoms with van der Waals surface area (Å²) in [6, 6.07) is 14.5. The van der Waals surface area contributed by atoms with E-state index in [1.165, 1.54) is 0 Å². The fourth-order valence-corrected chi connectivity index (χ4v) is 6.67. The molecule has 188 valence electrons. The monoisotopic (exact) mass is 559 g/mol. The van der Waals surface area contributed by atoms with Gasteiger partial charge >= 0.3 is 5.97 Å². The standard InChI is InChI=1S/C28H26BrN5O3/c29-22-23(28(24(22)35)12-2-1-3-13-28)32-21(27(36)37)16-17-8-10-18(11-9-17)34-25-20(7-5-15-31-25)33-26(34)19-6-4-14-30-19/h4-11,14-15,21-22,30H,1-3,12-13,16H2,(H,36,37)/t21-,22?/m0/s1. The topological polar surface area (TPSA) is 113 Å². The summed E-state index contributed by atoms with van der Waals surface area (Å²) in [6.07, 6.45) is 8.44. The first-order valence-electron chi connectivity index (χ1n) is 12.5. The van der Waals surface area contributed by atoms with Gasteiger partial charge < -0.3 is 10.1 Å². The Bertz CT molecular complexity index is 1500. The van der Waals surface area contributed by atoms with Gasteiger partial charge in [-0.3, -0.25) is 14.4 Å². The number of aliphatic carboxylic acids is 1. The van der Waals surface area contributed by atoms with Crippen LogP contribution < -0.4 is 0 Å². The SMILES string of the molecule is O=C(O)[C@H](Cc1ccc(-n2c(-c3ccc[nH]3)nc3cccnc32)cc1)N=C1C(Br)C(=O)C12CCCCC2. The molecule has 0 aliphatic heterocycles. The summed E-state index contributed by atoms with van der Waals surface area (Å²) in [5, 5.41) is 9.98. The van der Waals surface area contributed by atoms with Gasteiger partial charge in [-0.25, -0.2) is 14.8 Å². The van der Waals surface area contributed by atoms with Crippen molar-refractivity contribution in [3.8, 4) is 17.2 Å². The van der Waals surface area contributed by atoms with Crippen molar-refractivity contribution in [2.75, 3.05) is 0 Å². The summed E-state index contributed by atoms with van der Waals surface area (Å²) in [5.74, 6) is -0.0871. The Morgan fingerprint density at radius 1 is 1.16 bits per heavy atom. The number of ketones is 1. The van der Waals surface area contributed by atoms with Gasteiger partial charge in [0.05, 0.1) is 11.1 Å². The lowest BCUT2D eigenvalue weighted by molar-refractivity contribution is -0.138. The number of carbonyl (C=O) groups excluding carboxylic acids is 1. The zero-order chi connectivity index (χ0) is 25.6. The first kappa shape index (κ1) is 23.8. The van der Waals surface area contributed by atoms with Crippen LogP contribution in [-0.4, -0.2) is 53.0 Å². The van der Waals surface area contributed by atoms with Crippen LogP contribution in [0.15, 0.2) is 65.9 Å². The van der Waals surface area contributed by atoms with Gasteiger partial charge in [0, 0.05) is 30.2 Å². The summed E-state index contributed by atoms with van der Waals surface area (Å²) in [4.78, 5) is 41.6. The molecule has 0 bridgehead atoms. The number of rotatable bonds is 6. The minimum absolute atomic E-state index is 0.151. The Morgan fingerprint density at radius 3 is 2.65 bits per heavy atom. The fourth-order valence-electron chi connectivity index (χ4n) is 5.67. The van der Waals surface area contributed by atoms with Gasteiger partial charge in [-0.05, 0) is 54.8 Å². The predicted octanol–water partition coefficient (Wildman–Crippen LogP) is 5.15.